The summed E-state index contributed by atoms with van der Waals surface area (Å²) >= 11 is 0. The van der Waals surface area contributed by atoms with Crippen molar-refractivity contribution in [1.82, 2.24) is 15.8 Å². The number of hydrazine groups is 1. The smallest absolute Gasteiger partial charge is 0.330 e. The Morgan fingerprint density at radius 3 is 2.50 bits per heavy atom. The molecule has 1 heterocycles. The molecule has 0 aromatic heterocycles. The van der Waals surface area contributed by atoms with Crippen molar-refractivity contribution < 1.29 is 19.4 Å². The number of nitrogens with one attached hydrogen (secondary N) is 2. The van der Waals surface area contributed by atoms with E-state index in [0.717, 1.165) is 0 Å². The highest BCUT2D eigenvalue weighted by atomic mass is 16.5. The second-order valence-corrected chi connectivity index (χ2v) is 4.39. The van der Waals surface area contributed by atoms with Gasteiger partial charge in [-0.15, -0.1) is 0 Å². The Morgan fingerprint density at radius 1 is 1.39 bits per heavy atom. The third-order valence-electron chi connectivity index (χ3n) is 3.04. The van der Waals surface area contributed by atoms with Gasteiger partial charge in [0.25, 0.3) is 0 Å². The predicted octanol–water partition coefficient (Wildman–Crippen LogP) is 0.0321. The van der Waals surface area contributed by atoms with Crippen molar-refractivity contribution in [2.24, 2.45) is 5.92 Å². The number of carbonyl (C=O) groups is 2. The van der Waals surface area contributed by atoms with Crippen LogP contribution in [0.4, 0.5) is 4.79 Å². The summed E-state index contributed by atoms with van der Waals surface area (Å²) < 4.78 is 5.15. The number of rotatable bonds is 5. The maximum absolute atomic E-state index is 11.7. The molecule has 1 fully saturated rings. The highest BCUT2D eigenvalue weighted by molar-refractivity contribution is 5.82. The zero-order chi connectivity index (χ0) is 13.5. The van der Waals surface area contributed by atoms with E-state index in [1.54, 1.807) is 11.9 Å². The lowest BCUT2D eigenvalue weighted by molar-refractivity contribution is -0.140. The molecular weight excluding hydrogens is 238 g/mol. The van der Waals surface area contributed by atoms with Gasteiger partial charge in [-0.05, 0) is 5.92 Å². The van der Waals surface area contributed by atoms with E-state index in [9.17, 15) is 9.59 Å². The summed E-state index contributed by atoms with van der Waals surface area (Å²) in [7, 11) is 0. The first kappa shape index (κ1) is 14.7. The van der Waals surface area contributed by atoms with Gasteiger partial charge in [-0.1, -0.05) is 20.3 Å². The van der Waals surface area contributed by atoms with Gasteiger partial charge >= 0.3 is 12.0 Å². The van der Waals surface area contributed by atoms with Crippen molar-refractivity contribution in [2.45, 2.75) is 26.3 Å². The molecule has 2 amide bonds. The molecule has 0 spiro atoms. The second kappa shape index (κ2) is 7.17. The Morgan fingerprint density at radius 2 is 2.00 bits per heavy atom. The largest absolute Gasteiger partial charge is 0.480 e. The highest BCUT2D eigenvalue weighted by Crippen LogP contribution is 2.07. The van der Waals surface area contributed by atoms with Crippen LogP contribution in [0.2, 0.25) is 0 Å². The SMILES string of the molecule is CCC(C)[C@H](NC(=O)NN1CCOCC1)C(=O)O. The van der Waals surface area contributed by atoms with Gasteiger partial charge in [-0.2, -0.15) is 0 Å². The fourth-order valence-corrected chi connectivity index (χ4v) is 1.68. The van der Waals surface area contributed by atoms with Crippen molar-refractivity contribution in [2.75, 3.05) is 26.3 Å². The first-order chi connectivity index (χ1) is 8.54. The van der Waals surface area contributed by atoms with Gasteiger partial charge in [0.1, 0.15) is 6.04 Å². The second-order valence-electron chi connectivity index (χ2n) is 4.39. The maximum Gasteiger partial charge on any atom is 0.330 e. The van der Waals surface area contributed by atoms with Crippen molar-refractivity contribution >= 4 is 12.0 Å². The Hall–Kier alpha value is -1.34. The minimum absolute atomic E-state index is 0.113. The summed E-state index contributed by atoms with van der Waals surface area (Å²) in [4.78, 5) is 22.7. The molecule has 0 aromatic rings. The van der Waals surface area contributed by atoms with E-state index in [4.69, 9.17) is 9.84 Å². The van der Waals surface area contributed by atoms with Crippen LogP contribution in [0, 0.1) is 5.92 Å². The van der Waals surface area contributed by atoms with E-state index in [1.165, 1.54) is 0 Å². The molecule has 0 aliphatic carbocycles. The van der Waals surface area contributed by atoms with Crippen LogP contribution in [-0.2, 0) is 9.53 Å². The first-order valence-corrected chi connectivity index (χ1v) is 6.17. The molecule has 1 aliphatic rings. The van der Waals surface area contributed by atoms with Crippen molar-refractivity contribution in [3.63, 3.8) is 0 Å². The van der Waals surface area contributed by atoms with Crippen LogP contribution in [0.15, 0.2) is 0 Å². The Kier molecular flexibility index (Phi) is 5.87. The van der Waals surface area contributed by atoms with E-state index in [2.05, 4.69) is 10.7 Å². The van der Waals surface area contributed by atoms with Gasteiger partial charge in [-0.25, -0.2) is 14.6 Å². The number of ether oxygens (including phenoxy) is 1. The number of carboxylic acids is 1. The van der Waals surface area contributed by atoms with Crippen molar-refractivity contribution in [1.29, 1.82) is 0 Å². The highest BCUT2D eigenvalue weighted by Gasteiger charge is 2.26. The molecule has 0 radical (unpaired) electrons. The average molecular weight is 259 g/mol. The van der Waals surface area contributed by atoms with E-state index in [0.29, 0.717) is 32.7 Å². The van der Waals surface area contributed by atoms with Gasteiger partial charge in [0.15, 0.2) is 0 Å². The first-order valence-electron chi connectivity index (χ1n) is 6.17. The summed E-state index contributed by atoms with van der Waals surface area (Å²) in [5, 5.41) is 13.3. The number of hydrogen-bond donors (Lipinski definition) is 3. The molecule has 1 saturated heterocycles. The van der Waals surface area contributed by atoms with Gasteiger partial charge in [0.05, 0.1) is 13.2 Å². The van der Waals surface area contributed by atoms with Crippen LogP contribution in [-0.4, -0.2) is 54.5 Å². The minimum Gasteiger partial charge on any atom is -0.480 e. The molecule has 18 heavy (non-hydrogen) atoms. The standard InChI is InChI=1S/C11H21N3O4/c1-3-8(2)9(10(15)16)12-11(17)13-14-4-6-18-7-5-14/h8-9H,3-7H2,1-2H3,(H,15,16)(H2,12,13,17)/t8?,9-/m0/s1. The summed E-state index contributed by atoms with van der Waals surface area (Å²) in [5.41, 5.74) is 2.62. The molecule has 0 bridgehead atoms. The third-order valence-corrected chi connectivity index (χ3v) is 3.04. The summed E-state index contributed by atoms with van der Waals surface area (Å²) in [6.07, 6.45) is 0.689. The number of nitrogens with zero attached hydrogens (tertiary/aromatic N) is 1. The fraction of sp³-hybridized carbons (Fsp3) is 0.818. The lowest BCUT2D eigenvalue weighted by Gasteiger charge is -2.28. The minimum atomic E-state index is -1.01. The maximum atomic E-state index is 11.7. The Labute approximate surface area is 106 Å². The van der Waals surface area contributed by atoms with Gasteiger partial charge in [-0.3, -0.25) is 5.43 Å². The Bertz CT molecular complexity index is 292. The summed E-state index contributed by atoms with van der Waals surface area (Å²) in [6, 6.07) is -1.35. The average Bonchev–Trinajstić information content (AvgIpc) is 2.36. The van der Waals surface area contributed by atoms with Crippen LogP contribution in [0.3, 0.4) is 0 Å². The van der Waals surface area contributed by atoms with Gasteiger partial charge in [0.2, 0.25) is 0 Å². The molecule has 0 saturated carbocycles. The number of carbonyl (C=O) groups excluding carboxylic acids is 1. The number of urea groups is 1. The third kappa shape index (κ3) is 4.50. The lowest BCUT2D eigenvalue weighted by atomic mass is 10.00. The van der Waals surface area contributed by atoms with Crippen LogP contribution >= 0.6 is 0 Å². The molecule has 2 atom stereocenters. The van der Waals surface area contributed by atoms with Crippen molar-refractivity contribution in [3.8, 4) is 0 Å². The normalized spacial score (nSPS) is 19.9. The van der Waals surface area contributed by atoms with E-state index in [1.807, 2.05) is 6.92 Å². The monoisotopic (exact) mass is 259 g/mol. The number of hydrogen-bond acceptors (Lipinski definition) is 4. The van der Waals surface area contributed by atoms with Crippen LogP contribution in [0.1, 0.15) is 20.3 Å². The lowest BCUT2D eigenvalue weighted by Crippen LogP contribution is -2.55. The van der Waals surface area contributed by atoms with Crippen LogP contribution in [0.5, 0.6) is 0 Å². The summed E-state index contributed by atoms with van der Waals surface area (Å²) in [5.74, 6) is -1.13. The fourth-order valence-electron chi connectivity index (χ4n) is 1.68. The van der Waals surface area contributed by atoms with E-state index >= 15 is 0 Å². The number of carboxylic acid groups (broad SMARTS) is 1. The molecule has 7 nitrogen and oxygen atoms in total. The zero-order valence-electron chi connectivity index (χ0n) is 10.8. The molecule has 0 aromatic carbocycles. The number of aliphatic carboxylic acids is 1. The summed E-state index contributed by atoms with van der Waals surface area (Å²) in [6.45, 7) is 6.03. The topological polar surface area (TPSA) is 90.9 Å². The van der Waals surface area contributed by atoms with Crippen LogP contribution < -0.4 is 10.7 Å². The van der Waals surface area contributed by atoms with Gasteiger partial charge in [0, 0.05) is 13.1 Å². The van der Waals surface area contributed by atoms with Gasteiger partial charge < -0.3 is 15.2 Å². The molecule has 1 aliphatic heterocycles. The zero-order valence-corrected chi connectivity index (χ0v) is 10.8. The van der Waals surface area contributed by atoms with Crippen molar-refractivity contribution in [3.05, 3.63) is 0 Å². The van der Waals surface area contributed by atoms with E-state index < -0.39 is 18.0 Å². The molecule has 3 N–H and O–H groups in total. The van der Waals surface area contributed by atoms with Crippen LogP contribution in [0.25, 0.3) is 0 Å². The molecule has 1 unspecified atom stereocenters. The van der Waals surface area contributed by atoms with E-state index in [-0.39, 0.29) is 5.92 Å². The molecule has 1 rings (SSSR count). The predicted molar refractivity (Wildman–Crippen MR) is 64.9 cm³/mol. The molecule has 7 heteroatoms. The Balaban J connectivity index is 2.42. The number of morpholine rings is 1. The number of amides is 2. The molecule has 104 valence electrons. The quantitative estimate of drug-likeness (QED) is 0.648. The molecular formula is C11H21N3O4.